The fourth-order valence-corrected chi connectivity index (χ4v) is 2.93. The minimum atomic E-state index is 0.208. The van der Waals surface area contributed by atoms with E-state index in [2.05, 4.69) is 12.3 Å². The van der Waals surface area contributed by atoms with Crippen LogP contribution in [0.15, 0.2) is 24.3 Å². The Bertz CT molecular complexity index is 397. The van der Waals surface area contributed by atoms with Crippen molar-refractivity contribution in [1.29, 1.82) is 0 Å². The van der Waals surface area contributed by atoms with E-state index in [1.165, 1.54) is 18.4 Å². The Morgan fingerprint density at radius 3 is 2.61 bits per heavy atom. The van der Waals surface area contributed by atoms with E-state index in [-0.39, 0.29) is 5.91 Å². The van der Waals surface area contributed by atoms with Crippen LogP contribution >= 0.6 is 11.8 Å². The summed E-state index contributed by atoms with van der Waals surface area (Å²) < 4.78 is 0. The summed E-state index contributed by atoms with van der Waals surface area (Å²) in [6, 6.07) is 8.08. The van der Waals surface area contributed by atoms with E-state index in [0.717, 1.165) is 37.2 Å². The van der Waals surface area contributed by atoms with E-state index in [1.54, 1.807) is 11.8 Å². The quantitative estimate of drug-likeness (QED) is 0.831. The number of thioether (sulfide) groups is 1. The molecule has 0 spiro atoms. The fourth-order valence-electron chi connectivity index (χ4n) is 2.42. The molecule has 18 heavy (non-hydrogen) atoms. The van der Waals surface area contributed by atoms with Crippen LogP contribution in [0, 0.1) is 0 Å². The molecule has 1 heterocycles. The number of carbonyl (C=O) groups is 1. The molecule has 0 atom stereocenters. The number of hydrogen-bond donors (Lipinski definition) is 0. The van der Waals surface area contributed by atoms with Crippen LogP contribution in [0.4, 0.5) is 0 Å². The van der Waals surface area contributed by atoms with E-state index in [9.17, 15) is 4.79 Å². The number of nitrogens with zero attached hydrogens (tertiary/aromatic N) is 1. The van der Waals surface area contributed by atoms with Gasteiger partial charge in [-0.15, -0.1) is 0 Å². The van der Waals surface area contributed by atoms with Crippen molar-refractivity contribution in [3.05, 3.63) is 35.4 Å². The van der Waals surface area contributed by atoms with Gasteiger partial charge in [-0.25, -0.2) is 0 Å². The molecule has 1 fully saturated rings. The van der Waals surface area contributed by atoms with Crippen LogP contribution in [0.3, 0.4) is 0 Å². The molecular weight excluding hydrogens is 242 g/mol. The normalized spacial score (nSPS) is 16.4. The Hall–Kier alpha value is -0.960. The van der Waals surface area contributed by atoms with Crippen LogP contribution in [0.1, 0.15) is 41.6 Å². The fraction of sp³-hybridized carbons (Fsp3) is 0.533. The van der Waals surface area contributed by atoms with Crippen molar-refractivity contribution < 1.29 is 4.79 Å². The molecule has 1 amide bonds. The molecule has 1 aliphatic heterocycles. The van der Waals surface area contributed by atoms with Crippen molar-refractivity contribution in [3.8, 4) is 0 Å². The summed E-state index contributed by atoms with van der Waals surface area (Å²) in [6.45, 7) is 1.84. The van der Waals surface area contributed by atoms with E-state index < -0.39 is 0 Å². The Kier molecular flexibility index (Phi) is 5.12. The molecule has 0 bridgehead atoms. The second kappa shape index (κ2) is 6.83. The maximum Gasteiger partial charge on any atom is 0.253 e. The van der Waals surface area contributed by atoms with Gasteiger partial charge in [0.2, 0.25) is 0 Å². The lowest BCUT2D eigenvalue weighted by atomic mass is 10.1. The third kappa shape index (κ3) is 3.52. The first-order valence-electron chi connectivity index (χ1n) is 6.68. The van der Waals surface area contributed by atoms with Gasteiger partial charge >= 0.3 is 0 Å². The van der Waals surface area contributed by atoms with Crippen LogP contribution in [0.25, 0.3) is 0 Å². The summed E-state index contributed by atoms with van der Waals surface area (Å²) in [7, 11) is 0. The van der Waals surface area contributed by atoms with Crippen LogP contribution < -0.4 is 0 Å². The van der Waals surface area contributed by atoms with Gasteiger partial charge < -0.3 is 4.90 Å². The molecule has 3 heteroatoms. The highest BCUT2D eigenvalue weighted by Gasteiger charge is 2.17. The van der Waals surface area contributed by atoms with Crippen LogP contribution in [-0.2, 0) is 5.75 Å². The third-order valence-corrected chi connectivity index (χ3v) is 4.00. The molecule has 1 aliphatic rings. The van der Waals surface area contributed by atoms with E-state index in [4.69, 9.17) is 0 Å². The number of hydrogen-bond acceptors (Lipinski definition) is 2. The Morgan fingerprint density at radius 1 is 1.22 bits per heavy atom. The highest BCUT2D eigenvalue weighted by molar-refractivity contribution is 7.97. The second-order valence-corrected chi connectivity index (χ2v) is 5.71. The summed E-state index contributed by atoms with van der Waals surface area (Å²) in [4.78, 5) is 14.4. The van der Waals surface area contributed by atoms with Gasteiger partial charge in [0.25, 0.3) is 5.91 Å². The smallest absolute Gasteiger partial charge is 0.253 e. The predicted molar refractivity (Wildman–Crippen MR) is 78.0 cm³/mol. The van der Waals surface area contributed by atoms with Crippen molar-refractivity contribution in [3.63, 3.8) is 0 Å². The van der Waals surface area contributed by atoms with Gasteiger partial charge in [0.05, 0.1) is 0 Å². The zero-order chi connectivity index (χ0) is 12.8. The van der Waals surface area contributed by atoms with Crippen molar-refractivity contribution in [2.45, 2.75) is 31.4 Å². The summed E-state index contributed by atoms with van der Waals surface area (Å²) >= 11 is 1.79. The van der Waals surface area contributed by atoms with Gasteiger partial charge in [-0.2, -0.15) is 11.8 Å². The lowest BCUT2D eigenvalue weighted by molar-refractivity contribution is 0.0761. The van der Waals surface area contributed by atoms with Gasteiger partial charge in [-0.3, -0.25) is 4.79 Å². The first kappa shape index (κ1) is 13.5. The predicted octanol–water partition coefficient (Wildman–Crippen LogP) is 3.57. The monoisotopic (exact) mass is 263 g/mol. The topological polar surface area (TPSA) is 20.3 Å². The lowest BCUT2D eigenvalue weighted by Gasteiger charge is -2.20. The molecule has 1 aromatic carbocycles. The Morgan fingerprint density at radius 2 is 1.94 bits per heavy atom. The zero-order valence-corrected chi connectivity index (χ0v) is 11.8. The van der Waals surface area contributed by atoms with Crippen molar-refractivity contribution >= 4 is 17.7 Å². The number of rotatable bonds is 3. The van der Waals surface area contributed by atoms with Gasteiger partial charge in [0.1, 0.15) is 0 Å². The molecule has 0 radical (unpaired) electrons. The molecule has 0 aliphatic carbocycles. The highest BCUT2D eigenvalue weighted by atomic mass is 32.2. The standard InChI is InChI=1S/C15H21NOS/c1-18-12-13-7-6-8-14(11-13)15(17)16-9-4-2-3-5-10-16/h6-8,11H,2-5,9-10,12H2,1H3. The van der Waals surface area contributed by atoms with Gasteiger partial charge in [-0.1, -0.05) is 25.0 Å². The van der Waals surface area contributed by atoms with E-state index in [0.29, 0.717) is 0 Å². The average molecular weight is 263 g/mol. The maximum atomic E-state index is 12.4. The number of benzene rings is 1. The largest absolute Gasteiger partial charge is 0.339 e. The minimum Gasteiger partial charge on any atom is -0.339 e. The molecule has 1 saturated heterocycles. The van der Waals surface area contributed by atoms with Gasteiger partial charge in [0, 0.05) is 24.4 Å². The summed E-state index contributed by atoms with van der Waals surface area (Å²) in [5.41, 5.74) is 2.09. The molecule has 98 valence electrons. The van der Waals surface area contributed by atoms with Gasteiger partial charge in [0.15, 0.2) is 0 Å². The molecule has 1 aromatic rings. The molecule has 0 saturated carbocycles. The van der Waals surface area contributed by atoms with Crippen molar-refractivity contribution in [2.75, 3.05) is 19.3 Å². The Balaban J connectivity index is 2.09. The van der Waals surface area contributed by atoms with E-state index >= 15 is 0 Å². The van der Waals surface area contributed by atoms with Crippen LogP contribution in [0.5, 0.6) is 0 Å². The van der Waals surface area contributed by atoms with E-state index in [1.807, 2.05) is 23.1 Å². The number of amides is 1. The molecule has 0 aromatic heterocycles. The molecule has 2 nitrogen and oxygen atoms in total. The average Bonchev–Trinajstić information content (AvgIpc) is 2.67. The molecule has 0 N–H and O–H groups in total. The summed E-state index contributed by atoms with van der Waals surface area (Å²) in [5.74, 6) is 1.18. The first-order chi connectivity index (χ1) is 8.81. The van der Waals surface area contributed by atoms with Crippen LogP contribution in [-0.4, -0.2) is 30.2 Å². The zero-order valence-electron chi connectivity index (χ0n) is 11.0. The minimum absolute atomic E-state index is 0.208. The summed E-state index contributed by atoms with van der Waals surface area (Å²) in [6.07, 6.45) is 6.91. The van der Waals surface area contributed by atoms with Crippen LogP contribution in [0.2, 0.25) is 0 Å². The van der Waals surface area contributed by atoms with Crippen molar-refractivity contribution in [1.82, 2.24) is 4.90 Å². The number of carbonyl (C=O) groups excluding carboxylic acids is 1. The number of likely N-dealkylation sites (tertiary alicyclic amines) is 1. The maximum absolute atomic E-state index is 12.4. The lowest BCUT2D eigenvalue weighted by Crippen LogP contribution is -2.31. The van der Waals surface area contributed by atoms with Gasteiger partial charge in [-0.05, 0) is 36.8 Å². The molecular formula is C15H21NOS. The second-order valence-electron chi connectivity index (χ2n) is 4.84. The molecule has 2 rings (SSSR count). The highest BCUT2D eigenvalue weighted by Crippen LogP contribution is 2.16. The molecule has 0 unspecified atom stereocenters. The SMILES string of the molecule is CSCc1cccc(C(=O)N2CCCCCC2)c1. The third-order valence-electron chi connectivity index (χ3n) is 3.38. The van der Waals surface area contributed by atoms with Crippen molar-refractivity contribution in [2.24, 2.45) is 0 Å². The summed E-state index contributed by atoms with van der Waals surface area (Å²) in [5, 5.41) is 0. The first-order valence-corrected chi connectivity index (χ1v) is 8.08. The Labute approximate surface area is 114 Å².